The van der Waals surface area contributed by atoms with E-state index in [2.05, 4.69) is 30.3 Å². The van der Waals surface area contributed by atoms with E-state index >= 15 is 0 Å². The van der Waals surface area contributed by atoms with Gasteiger partial charge in [0.15, 0.2) is 0 Å². The van der Waals surface area contributed by atoms with Crippen molar-refractivity contribution in [3.8, 4) is 0 Å². The summed E-state index contributed by atoms with van der Waals surface area (Å²) in [6, 6.07) is 0.677. The Morgan fingerprint density at radius 3 is 2.94 bits per heavy atom. The summed E-state index contributed by atoms with van der Waals surface area (Å²) in [5.41, 5.74) is 0. The molecule has 1 saturated carbocycles. The molecule has 1 aromatic rings. The Bertz CT molecular complexity index is 317. The van der Waals surface area contributed by atoms with E-state index < -0.39 is 0 Å². The molecule has 0 amide bonds. The van der Waals surface area contributed by atoms with Crippen molar-refractivity contribution in [2.75, 3.05) is 0 Å². The normalized spacial score (nSPS) is 17.6. The molecule has 0 saturated heterocycles. The summed E-state index contributed by atoms with van der Waals surface area (Å²) in [5.74, 6) is 0.802. The fourth-order valence-corrected chi connectivity index (χ4v) is 3.00. The molecule has 90 valence electrons. The quantitative estimate of drug-likeness (QED) is 0.783. The molecule has 2 nitrogen and oxygen atoms in total. The Morgan fingerprint density at radius 1 is 1.50 bits per heavy atom. The highest BCUT2D eigenvalue weighted by molar-refractivity contribution is 7.11. The molecule has 16 heavy (non-hydrogen) atoms. The lowest BCUT2D eigenvalue weighted by Gasteiger charge is -2.14. The van der Waals surface area contributed by atoms with Crippen LogP contribution in [0.15, 0.2) is 6.20 Å². The first-order valence-corrected chi connectivity index (χ1v) is 7.33. The molecule has 1 aliphatic rings. The maximum atomic E-state index is 4.51. The van der Waals surface area contributed by atoms with E-state index in [1.807, 2.05) is 11.3 Å². The van der Waals surface area contributed by atoms with Crippen LogP contribution in [0.25, 0.3) is 0 Å². The van der Waals surface area contributed by atoms with Crippen LogP contribution in [0.1, 0.15) is 61.8 Å². The van der Waals surface area contributed by atoms with Gasteiger partial charge in [0.1, 0.15) is 0 Å². The van der Waals surface area contributed by atoms with Gasteiger partial charge in [0.2, 0.25) is 0 Å². The third kappa shape index (κ3) is 3.29. The van der Waals surface area contributed by atoms with Crippen LogP contribution in [0.4, 0.5) is 0 Å². The summed E-state index contributed by atoms with van der Waals surface area (Å²) < 4.78 is 0. The summed E-state index contributed by atoms with van der Waals surface area (Å²) in [5, 5.41) is 4.99. The minimum absolute atomic E-state index is 0.677. The van der Waals surface area contributed by atoms with Gasteiger partial charge in [-0.1, -0.05) is 20.3 Å². The van der Waals surface area contributed by atoms with Crippen LogP contribution in [0, 0.1) is 0 Å². The molecule has 1 atom stereocenters. The van der Waals surface area contributed by atoms with E-state index in [-0.39, 0.29) is 0 Å². The molecule has 2 rings (SSSR count). The molecule has 0 radical (unpaired) electrons. The average Bonchev–Trinajstić information content (AvgIpc) is 3.04. The van der Waals surface area contributed by atoms with Gasteiger partial charge in [-0.2, -0.15) is 0 Å². The van der Waals surface area contributed by atoms with Crippen LogP contribution < -0.4 is 5.32 Å². The van der Waals surface area contributed by atoms with E-state index in [1.54, 1.807) is 0 Å². The van der Waals surface area contributed by atoms with Crippen molar-refractivity contribution in [1.29, 1.82) is 0 Å². The number of nitrogens with zero attached hydrogens (tertiary/aromatic N) is 1. The maximum absolute atomic E-state index is 4.51. The van der Waals surface area contributed by atoms with Crippen molar-refractivity contribution in [3.63, 3.8) is 0 Å². The Balaban J connectivity index is 1.78. The predicted molar refractivity (Wildman–Crippen MR) is 69.9 cm³/mol. The molecule has 1 aromatic heterocycles. The third-order valence-electron chi connectivity index (χ3n) is 3.19. The van der Waals surface area contributed by atoms with Gasteiger partial charge < -0.3 is 5.32 Å². The van der Waals surface area contributed by atoms with E-state index in [0.29, 0.717) is 6.04 Å². The van der Waals surface area contributed by atoms with Crippen LogP contribution in [0.5, 0.6) is 0 Å². The Labute approximate surface area is 102 Å². The standard InChI is InChI=1S/C13H22N2S/c1-3-5-11(4-2)14-8-12-9-15-13(16-12)10-6-7-10/h9-11,14H,3-8H2,1-2H3. The highest BCUT2D eigenvalue weighted by atomic mass is 32.1. The number of aromatic nitrogens is 1. The number of hydrogen-bond donors (Lipinski definition) is 1. The molecular weight excluding hydrogens is 216 g/mol. The van der Waals surface area contributed by atoms with Gasteiger partial charge in [-0.25, -0.2) is 4.98 Å². The van der Waals surface area contributed by atoms with Crippen molar-refractivity contribution in [2.45, 2.75) is 64.5 Å². The first-order valence-electron chi connectivity index (χ1n) is 6.51. The summed E-state index contributed by atoms with van der Waals surface area (Å²) >= 11 is 1.90. The second-order valence-electron chi connectivity index (χ2n) is 4.71. The molecular formula is C13H22N2S. The second kappa shape index (κ2) is 5.78. The van der Waals surface area contributed by atoms with E-state index in [4.69, 9.17) is 0 Å². The van der Waals surface area contributed by atoms with Crippen molar-refractivity contribution < 1.29 is 0 Å². The fraction of sp³-hybridized carbons (Fsp3) is 0.769. The first-order chi connectivity index (χ1) is 7.83. The van der Waals surface area contributed by atoms with Gasteiger partial charge in [-0.05, 0) is 25.7 Å². The molecule has 1 N–H and O–H groups in total. The molecule has 1 fully saturated rings. The lowest BCUT2D eigenvalue weighted by atomic mass is 10.1. The molecule has 0 aromatic carbocycles. The summed E-state index contributed by atoms with van der Waals surface area (Å²) in [6.45, 7) is 5.51. The summed E-state index contributed by atoms with van der Waals surface area (Å²) in [7, 11) is 0. The predicted octanol–water partition coefficient (Wildman–Crippen LogP) is 3.69. The lowest BCUT2D eigenvalue weighted by molar-refractivity contribution is 0.464. The van der Waals surface area contributed by atoms with Crippen LogP contribution in [0.2, 0.25) is 0 Å². The minimum atomic E-state index is 0.677. The largest absolute Gasteiger partial charge is 0.309 e. The van der Waals surface area contributed by atoms with Gasteiger partial charge in [0.25, 0.3) is 0 Å². The third-order valence-corrected chi connectivity index (χ3v) is 4.35. The molecule has 3 heteroatoms. The van der Waals surface area contributed by atoms with Crippen molar-refractivity contribution >= 4 is 11.3 Å². The van der Waals surface area contributed by atoms with Crippen LogP contribution >= 0.6 is 11.3 Å². The topological polar surface area (TPSA) is 24.9 Å². The summed E-state index contributed by atoms with van der Waals surface area (Å²) in [6.07, 6.45) is 8.54. The number of hydrogen-bond acceptors (Lipinski definition) is 3. The van der Waals surface area contributed by atoms with Gasteiger partial charge in [0.05, 0.1) is 5.01 Å². The van der Waals surface area contributed by atoms with Gasteiger partial charge in [-0.15, -0.1) is 11.3 Å². The van der Waals surface area contributed by atoms with E-state index in [9.17, 15) is 0 Å². The molecule has 1 unspecified atom stereocenters. The Hall–Kier alpha value is -0.410. The van der Waals surface area contributed by atoms with Gasteiger partial charge in [-0.3, -0.25) is 0 Å². The van der Waals surface area contributed by atoms with Crippen molar-refractivity contribution in [3.05, 3.63) is 16.1 Å². The first kappa shape index (κ1) is 12.1. The molecule has 0 bridgehead atoms. The van der Waals surface area contributed by atoms with Crippen molar-refractivity contribution in [2.24, 2.45) is 0 Å². The van der Waals surface area contributed by atoms with Gasteiger partial charge in [0, 0.05) is 29.6 Å². The maximum Gasteiger partial charge on any atom is 0.0959 e. The molecule has 1 heterocycles. The monoisotopic (exact) mass is 238 g/mol. The van der Waals surface area contributed by atoms with E-state index in [1.165, 1.54) is 42.0 Å². The van der Waals surface area contributed by atoms with Crippen LogP contribution in [-0.2, 0) is 6.54 Å². The van der Waals surface area contributed by atoms with E-state index in [0.717, 1.165) is 12.5 Å². The number of rotatable bonds is 7. The van der Waals surface area contributed by atoms with Crippen LogP contribution in [0.3, 0.4) is 0 Å². The number of thiazole rings is 1. The van der Waals surface area contributed by atoms with Gasteiger partial charge >= 0.3 is 0 Å². The summed E-state index contributed by atoms with van der Waals surface area (Å²) in [4.78, 5) is 5.91. The smallest absolute Gasteiger partial charge is 0.0959 e. The molecule has 1 aliphatic carbocycles. The lowest BCUT2D eigenvalue weighted by Crippen LogP contribution is -2.27. The number of nitrogens with one attached hydrogen (secondary N) is 1. The zero-order valence-electron chi connectivity index (χ0n) is 10.3. The highest BCUT2D eigenvalue weighted by Crippen LogP contribution is 2.41. The average molecular weight is 238 g/mol. The SMILES string of the molecule is CCCC(CC)NCc1cnc(C2CC2)s1. The second-order valence-corrected chi connectivity index (χ2v) is 5.86. The fourth-order valence-electron chi connectivity index (χ4n) is 1.97. The molecule has 0 aliphatic heterocycles. The zero-order valence-corrected chi connectivity index (χ0v) is 11.1. The molecule has 0 spiro atoms. The van der Waals surface area contributed by atoms with Crippen molar-refractivity contribution in [1.82, 2.24) is 10.3 Å². The Morgan fingerprint density at radius 2 is 2.31 bits per heavy atom. The van der Waals surface area contributed by atoms with Crippen LogP contribution in [-0.4, -0.2) is 11.0 Å². The highest BCUT2D eigenvalue weighted by Gasteiger charge is 2.26. The zero-order chi connectivity index (χ0) is 11.4. The minimum Gasteiger partial charge on any atom is -0.309 e. The Kier molecular flexibility index (Phi) is 4.36.